The number of Topliss-reactive ketones (excluding diaryl/α,β-unsaturated/α-hetero) is 1. The Hall–Kier alpha value is -2.14. The zero-order chi connectivity index (χ0) is 22.5. The standard InChI is InChI=1S/C28H36N2O3/c1-33-28(32)27(31)25-17-29(26-11-3-2-10-24(25)26)22-15-20-8-5-9-21(16-22)30(20)23-13-18-6-4-7-19(12-18)14-23/h2-3,10-11,17-23H,4-9,12-16H2,1H3/t18-,19+,20-,21+,22+,23+. The van der Waals surface area contributed by atoms with Crippen LogP contribution in [0.3, 0.4) is 0 Å². The summed E-state index contributed by atoms with van der Waals surface area (Å²) in [5, 5.41) is 0.862. The maximum atomic E-state index is 12.7. The summed E-state index contributed by atoms with van der Waals surface area (Å²) >= 11 is 0. The lowest BCUT2D eigenvalue weighted by atomic mass is 9.68. The van der Waals surface area contributed by atoms with Gasteiger partial charge in [0.2, 0.25) is 0 Å². The number of ketones is 1. The Morgan fingerprint density at radius 1 is 0.818 bits per heavy atom. The van der Waals surface area contributed by atoms with Crippen molar-refractivity contribution in [2.45, 2.75) is 94.8 Å². The van der Waals surface area contributed by atoms with E-state index in [0.717, 1.165) is 41.6 Å². The number of benzene rings is 1. The van der Waals surface area contributed by atoms with Crippen LogP contribution < -0.4 is 0 Å². The number of aromatic nitrogens is 1. The molecule has 2 saturated carbocycles. The van der Waals surface area contributed by atoms with Gasteiger partial charge in [0, 0.05) is 41.3 Å². The molecule has 0 amide bonds. The molecule has 6 rings (SSSR count). The number of hydrogen-bond donors (Lipinski definition) is 0. The van der Waals surface area contributed by atoms with Gasteiger partial charge in [0.25, 0.3) is 5.78 Å². The quantitative estimate of drug-likeness (QED) is 0.351. The molecule has 33 heavy (non-hydrogen) atoms. The molecule has 1 aromatic heterocycles. The van der Waals surface area contributed by atoms with Gasteiger partial charge < -0.3 is 9.30 Å². The Morgan fingerprint density at radius 2 is 1.48 bits per heavy atom. The molecule has 0 radical (unpaired) electrons. The highest BCUT2D eigenvalue weighted by molar-refractivity contribution is 6.43. The topological polar surface area (TPSA) is 51.5 Å². The molecule has 4 fully saturated rings. The summed E-state index contributed by atoms with van der Waals surface area (Å²) in [6.45, 7) is 0. The number of rotatable bonds is 4. The molecule has 2 aliphatic heterocycles. The van der Waals surface area contributed by atoms with Gasteiger partial charge >= 0.3 is 5.97 Å². The first-order valence-corrected chi connectivity index (χ1v) is 13.1. The number of hydrogen-bond acceptors (Lipinski definition) is 4. The Labute approximate surface area is 196 Å². The van der Waals surface area contributed by atoms with Crippen LogP contribution in [0.1, 0.15) is 87.0 Å². The minimum atomic E-state index is -0.785. The molecule has 2 saturated heterocycles. The van der Waals surface area contributed by atoms with Gasteiger partial charge in [-0.3, -0.25) is 9.69 Å². The summed E-state index contributed by atoms with van der Waals surface area (Å²) in [5.74, 6) is 0.591. The Bertz CT molecular complexity index is 1030. The molecule has 2 aromatic rings. The molecular weight excluding hydrogens is 412 g/mol. The van der Waals surface area contributed by atoms with Crippen molar-refractivity contribution in [3.05, 3.63) is 36.0 Å². The Balaban J connectivity index is 1.29. The van der Waals surface area contributed by atoms with Gasteiger partial charge in [-0.25, -0.2) is 4.79 Å². The van der Waals surface area contributed by atoms with E-state index in [1.165, 1.54) is 64.9 Å². The number of carbonyl (C=O) groups is 2. The summed E-state index contributed by atoms with van der Waals surface area (Å²) < 4.78 is 7.05. The van der Waals surface area contributed by atoms with Gasteiger partial charge in [-0.1, -0.05) is 43.9 Å². The van der Waals surface area contributed by atoms with Crippen LogP contribution in [0.5, 0.6) is 0 Å². The lowest BCUT2D eigenvalue weighted by Gasteiger charge is -2.55. The first-order chi connectivity index (χ1) is 16.1. The zero-order valence-electron chi connectivity index (χ0n) is 19.7. The first-order valence-electron chi connectivity index (χ1n) is 13.1. The maximum absolute atomic E-state index is 12.7. The van der Waals surface area contributed by atoms with Crippen molar-refractivity contribution < 1.29 is 14.3 Å². The van der Waals surface area contributed by atoms with Crippen molar-refractivity contribution in [2.75, 3.05) is 7.11 Å². The lowest BCUT2D eigenvalue weighted by Crippen LogP contribution is -2.58. The van der Waals surface area contributed by atoms with E-state index in [-0.39, 0.29) is 0 Å². The van der Waals surface area contributed by atoms with Crippen molar-refractivity contribution in [1.82, 2.24) is 9.47 Å². The van der Waals surface area contributed by atoms with E-state index in [1.807, 2.05) is 24.4 Å². The molecular formula is C28H36N2O3. The molecule has 5 heteroatoms. The number of ether oxygens (including phenoxy) is 1. The van der Waals surface area contributed by atoms with E-state index in [9.17, 15) is 9.59 Å². The summed E-state index contributed by atoms with van der Waals surface area (Å²) in [6, 6.07) is 10.5. The summed E-state index contributed by atoms with van der Waals surface area (Å²) in [7, 11) is 1.27. The fourth-order valence-corrected chi connectivity index (χ4v) is 8.04. The van der Waals surface area contributed by atoms with Crippen molar-refractivity contribution in [2.24, 2.45) is 11.8 Å². The van der Waals surface area contributed by atoms with Crippen molar-refractivity contribution in [3.63, 3.8) is 0 Å². The SMILES string of the molecule is COC(=O)C(=O)c1cn([C@H]2C[C@H]3CCC[C@@H](C2)N3[C@H]2C[C@@H]3CCC[C@@H](C3)C2)c2ccccc12. The molecule has 176 valence electrons. The maximum Gasteiger partial charge on any atom is 0.379 e. The highest BCUT2D eigenvalue weighted by Crippen LogP contribution is 2.48. The predicted molar refractivity (Wildman–Crippen MR) is 128 cm³/mol. The van der Waals surface area contributed by atoms with Crippen molar-refractivity contribution >= 4 is 22.7 Å². The highest BCUT2D eigenvalue weighted by atomic mass is 16.5. The van der Waals surface area contributed by atoms with E-state index >= 15 is 0 Å². The van der Waals surface area contributed by atoms with E-state index in [1.54, 1.807) is 0 Å². The normalized spacial score (nSPS) is 34.2. The van der Waals surface area contributed by atoms with Gasteiger partial charge in [0.05, 0.1) is 12.7 Å². The van der Waals surface area contributed by atoms with Gasteiger partial charge in [-0.05, 0) is 62.8 Å². The third kappa shape index (κ3) is 3.73. The molecule has 4 aliphatic rings. The first kappa shape index (κ1) is 21.4. The van der Waals surface area contributed by atoms with Crippen LogP contribution in [-0.4, -0.2) is 46.5 Å². The molecule has 0 unspecified atom stereocenters. The largest absolute Gasteiger partial charge is 0.463 e. The minimum Gasteiger partial charge on any atom is -0.463 e. The predicted octanol–water partition coefficient (Wildman–Crippen LogP) is 5.52. The second-order valence-electron chi connectivity index (χ2n) is 11.1. The fourth-order valence-electron chi connectivity index (χ4n) is 8.04. The van der Waals surface area contributed by atoms with E-state index in [2.05, 4.69) is 15.5 Å². The molecule has 0 N–H and O–H groups in total. The van der Waals surface area contributed by atoms with Crippen LogP contribution >= 0.6 is 0 Å². The van der Waals surface area contributed by atoms with Crippen LogP contribution in [0.25, 0.3) is 10.9 Å². The van der Waals surface area contributed by atoms with Crippen molar-refractivity contribution in [1.29, 1.82) is 0 Å². The van der Waals surface area contributed by atoms with Gasteiger partial charge in [0.1, 0.15) is 0 Å². The van der Waals surface area contributed by atoms with E-state index in [4.69, 9.17) is 4.74 Å². The molecule has 1 aromatic carbocycles. The number of esters is 1. The smallest absolute Gasteiger partial charge is 0.379 e. The molecule has 0 spiro atoms. The molecule has 3 heterocycles. The third-order valence-electron chi connectivity index (χ3n) is 9.28. The molecule has 2 aliphatic carbocycles. The summed E-state index contributed by atoms with van der Waals surface area (Å²) in [4.78, 5) is 27.7. The van der Waals surface area contributed by atoms with Gasteiger partial charge in [-0.15, -0.1) is 0 Å². The second kappa shape index (κ2) is 8.57. The third-order valence-corrected chi connectivity index (χ3v) is 9.28. The van der Waals surface area contributed by atoms with Crippen LogP contribution in [0.4, 0.5) is 0 Å². The monoisotopic (exact) mass is 448 g/mol. The Morgan fingerprint density at radius 3 is 2.18 bits per heavy atom. The molecule has 4 bridgehead atoms. The zero-order valence-corrected chi connectivity index (χ0v) is 19.7. The number of fused-ring (bicyclic) bond motifs is 5. The summed E-state index contributed by atoms with van der Waals surface area (Å²) in [5.41, 5.74) is 1.54. The van der Waals surface area contributed by atoms with E-state index in [0.29, 0.717) is 23.7 Å². The van der Waals surface area contributed by atoms with Crippen LogP contribution in [0.15, 0.2) is 30.5 Å². The average molecular weight is 449 g/mol. The average Bonchev–Trinajstić information content (AvgIpc) is 3.21. The fraction of sp³-hybridized carbons (Fsp3) is 0.643. The van der Waals surface area contributed by atoms with Crippen molar-refractivity contribution in [3.8, 4) is 0 Å². The van der Waals surface area contributed by atoms with Gasteiger partial charge in [0.15, 0.2) is 0 Å². The number of para-hydroxylation sites is 1. The molecule has 5 nitrogen and oxygen atoms in total. The number of carbonyl (C=O) groups excluding carboxylic acids is 2. The van der Waals surface area contributed by atoms with Gasteiger partial charge in [-0.2, -0.15) is 0 Å². The summed E-state index contributed by atoms with van der Waals surface area (Å²) in [6.07, 6.45) is 16.8. The highest BCUT2D eigenvalue weighted by Gasteiger charge is 2.45. The molecule has 6 atom stereocenters. The van der Waals surface area contributed by atoms with E-state index < -0.39 is 11.8 Å². The number of nitrogens with zero attached hydrogens (tertiary/aromatic N) is 2. The Kier molecular flexibility index (Phi) is 5.56. The van der Waals surface area contributed by atoms with Crippen LogP contribution in [0.2, 0.25) is 0 Å². The van der Waals surface area contributed by atoms with Crippen LogP contribution in [0, 0.1) is 11.8 Å². The van der Waals surface area contributed by atoms with Crippen LogP contribution in [-0.2, 0) is 9.53 Å². The lowest BCUT2D eigenvalue weighted by molar-refractivity contribution is -0.135. The minimum absolute atomic E-state index is 0.378. The number of methoxy groups -OCH3 is 1. The number of piperidine rings is 2. The second-order valence-corrected chi connectivity index (χ2v) is 11.1.